The summed E-state index contributed by atoms with van der Waals surface area (Å²) in [5, 5.41) is 0. The predicted molar refractivity (Wildman–Crippen MR) is 63.4 cm³/mol. The quantitative estimate of drug-likeness (QED) is 0.729. The van der Waals surface area contributed by atoms with Crippen molar-refractivity contribution in [3.05, 3.63) is 0 Å². The lowest BCUT2D eigenvalue weighted by atomic mass is 9.94. The Kier molecular flexibility index (Phi) is 4.36. The Bertz CT molecular complexity index is 236. The highest BCUT2D eigenvalue weighted by Crippen LogP contribution is 2.20. The predicted octanol–water partition coefficient (Wildman–Crippen LogP) is 1.71. The summed E-state index contributed by atoms with van der Waals surface area (Å²) in [6.07, 6.45) is 4.78. The van der Waals surface area contributed by atoms with E-state index in [4.69, 9.17) is 4.74 Å². The van der Waals surface area contributed by atoms with Gasteiger partial charge in [0.1, 0.15) is 0 Å². The fourth-order valence-electron chi connectivity index (χ4n) is 2.77. The van der Waals surface area contributed by atoms with Crippen LogP contribution < -0.4 is 0 Å². The Hall–Kier alpha value is -0.410. The standard InChI is InChI=1S/C13H23NO2/c1-2-11-4-3-6-14(8-11)9-13(15)12-5-7-16-10-12/h11-12H,2-10H2,1H3. The zero-order chi connectivity index (χ0) is 11.4. The van der Waals surface area contributed by atoms with Crippen LogP contribution in [0.5, 0.6) is 0 Å². The maximum Gasteiger partial charge on any atom is 0.152 e. The summed E-state index contributed by atoms with van der Waals surface area (Å²) in [4.78, 5) is 14.3. The lowest BCUT2D eigenvalue weighted by Crippen LogP contribution is -2.40. The number of piperidine rings is 1. The van der Waals surface area contributed by atoms with Crippen molar-refractivity contribution in [1.82, 2.24) is 4.90 Å². The van der Waals surface area contributed by atoms with Crippen molar-refractivity contribution in [2.24, 2.45) is 11.8 Å². The molecule has 2 unspecified atom stereocenters. The van der Waals surface area contributed by atoms with E-state index in [9.17, 15) is 4.79 Å². The Morgan fingerprint density at radius 1 is 1.44 bits per heavy atom. The number of hydrogen-bond acceptors (Lipinski definition) is 3. The number of likely N-dealkylation sites (tertiary alicyclic amines) is 1. The van der Waals surface area contributed by atoms with Crippen LogP contribution >= 0.6 is 0 Å². The Morgan fingerprint density at radius 3 is 3.00 bits per heavy atom. The first kappa shape index (κ1) is 12.1. The van der Waals surface area contributed by atoms with E-state index in [0.717, 1.165) is 32.0 Å². The van der Waals surface area contributed by atoms with Crippen molar-refractivity contribution >= 4 is 5.78 Å². The molecule has 0 aromatic carbocycles. The molecule has 0 saturated carbocycles. The summed E-state index contributed by atoms with van der Waals surface area (Å²) < 4.78 is 5.27. The molecule has 2 aliphatic rings. The Morgan fingerprint density at radius 2 is 2.31 bits per heavy atom. The molecule has 2 atom stereocenters. The van der Waals surface area contributed by atoms with Gasteiger partial charge in [-0.05, 0) is 31.7 Å². The number of Topliss-reactive ketones (excluding diaryl/α,β-unsaturated/α-hetero) is 1. The molecule has 3 nitrogen and oxygen atoms in total. The topological polar surface area (TPSA) is 29.5 Å². The number of carbonyl (C=O) groups is 1. The zero-order valence-corrected chi connectivity index (χ0v) is 10.3. The van der Waals surface area contributed by atoms with Crippen LogP contribution in [0.1, 0.15) is 32.6 Å². The van der Waals surface area contributed by atoms with Gasteiger partial charge in [-0.2, -0.15) is 0 Å². The highest BCUT2D eigenvalue weighted by molar-refractivity contribution is 5.83. The summed E-state index contributed by atoms with van der Waals surface area (Å²) in [5.41, 5.74) is 0. The average Bonchev–Trinajstić information content (AvgIpc) is 2.83. The van der Waals surface area contributed by atoms with E-state index in [0.29, 0.717) is 18.9 Å². The van der Waals surface area contributed by atoms with E-state index in [1.54, 1.807) is 0 Å². The van der Waals surface area contributed by atoms with Crippen LogP contribution in [0.15, 0.2) is 0 Å². The number of rotatable bonds is 4. The third-order valence-corrected chi connectivity index (χ3v) is 3.94. The van der Waals surface area contributed by atoms with E-state index in [1.807, 2.05) is 0 Å². The van der Waals surface area contributed by atoms with Crippen molar-refractivity contribution in [2.45, 2.75) is 32.6 Å². The number of nitrogens with zero attached hydrogens (tertiary/aromatic N) is 1. The lowest BCUT2D eigenvalue weighted by molar-refractivity contribution is -0.124. The summed E-state index contributed by atoms with van der Waals surface area (Å²) >= 11 is 0. The zero-order valence-electron chi connectivity index (χ0n) is 10.3. The van der Waals surface area contributed by atoms with Crippen LogP contribution in [0.25, 0.3) is 0 Å². The second-order valence-electron chi connectivity index (χ2n) is 5.18. The summed E-state index contributed by atoms with van der Waals surface area (Å²) in [6.45, 7) is 6.56. The maximum atomic E-state index is 12.0. The molecular formula is C13H23NO2. The fourth-order valence-corrected chi connectivity index (χ4v) is 2.77. The summed E-state index contributed by atoms with van der Waals surface area (Å²) in [5.74, 6) is 1.39. The van der Waals surface area contributed by atoms with Crippen LogP contribution in [-0.2, 0) is 9.53 Å². The molecule has 2 aliphatic heterocycles. The molecule has 0 aromatic heterocycles. The molecule has 92 valence electrons. The van der Waals surface area contributed by atoms with Crippen LogP contribution in [0.2, 0.25) is 0 Å². The molecule has 0 radical (unpaired) electrons. The van der Waals surface area contributed by atoms with E-state index < -0.39 is 0 Å². The molecule has 0 N–H and O–H groups in total. The van der Waals surface area contributed by atoms with E-state index in [-0.39, 0.29) is 5.92 Å². The SMILES string of the molecule is CCC1CCCN(CC(=O)C2CCOC2)C1. The van der Waals surface area contributed by atoms with E-state index >= 15 is 0 Å². The fraction of sp³-hybridized carbons (Fsp3) is 0.923. The van der Waals surface area contributed by atoms with Crippen molar-refractivity contribution < 1.29 is 9.53 Å². The smallest absolute Gasteiger partial charge is 0.152 e. The first-order chi connectivity index (χ1) is 7.79. The Labute approximate surface area is 98.1 Å². The van der Waals surface area contributed by atoms with Crippen molar-refractivity contribution in [2.75, 3.05) is 32.8 Å². The minimum Gasteiger partial charge on any atom is -0.381 e. The number of hydrogen-bond donors (Lipinski definition) is 0. The second-order valence-corrected chi connectivity index (χ2v) is 5.18. The molecule has 2 fully saturated rings. The molecule has 3 heteroatoms. The lowest BCUT2D eigenvalue weighted by Gasteiger charge is -2.32. The monoisotopic (exact) mass is 225 g/mol. The van der Waals surface area contributed by atoms with Gasteiger partial charge in [0.15, 0.2) is 5.78 Å². The molecule has 0 bridgehead atoms. The number of carbonyl (C=O) groups excluding carboxylic acids is 1. The third kappa shape index (κ3) is 3.05. The second kappa shape index (κ2) is 5.78. The van der Waals surface area contributed by atoms with Crippen LogP contribution in [-0.4, -0.2) is 43.5 Å². The molecule has 0 amide bonds. The van der Waals surface area contributed by atoms with Gasteiger partial charge in [-0.1, -0.05) is 13.3 Å². The van der Waals surface area contributed by atoms with Gasteiger partial charge in [0.2, 0.25) is 0 Å². The highest BCUT2D eigenvalue weighted by Gasteiger charge is 2.26. The Balaban J connectivity index is 1.77. The highest BCUT2D eigenvalue weighted by atomic mass is 16.5. The first-order valence-corrected chi connectivity index (χ1v) is 6.62. The average molecular weight is 225 g/mol. The van der Waals surface area contributed by atoms with Crippen molar-refractivity contribution in [3.63, 3.8) is 0 Å². The maximum absolute atomic E-state index is 12.0. The minimum absolute atomic E-state index is 0.182. The van der Waals surface area contributed by atoms with E-state index in [2.05, 4.69) is 11.8 Å². The largest absolute Gasteiger partial charge is 0.381 e. The molecule has 2 rings (SSSR count). The van der Waals surface area contributed by atoms with Gasteiger partial charge < -0.3 is 4.74 Å². The first-order valence-electron chi connectivity index (χ1n) is 6.62. The molecule has 0 aliphatic carbocycles. The van der Waals surface area contributed by atoms with Crippen LogP contribution in [0.4, 0.5) is 0 Å². The van der Waals surface area contributed by atoms with Gasteiger partial charge in [0, 0.05) is 19.1 Å². The van der Waals surface area contributed by atoms with Gasteiger partial charge >= 0.3 is 0 Å². The molecule has 16 heavy (non-hydrogen) atoms. The van der Waals surface area contributed by atoms with Crippen LogP contribution in [0, 0.1) is 11.8 Å². The minimum atomic E-state index is 0.182. The van der Waals surface area contributed by atoms with E-state index in [1.165, 1.54) is 19.3 Å². The van der Waals surface area contributed by atoms with Crippen LogP contribution in [0.3, 0.4) is 0 Å². The van der Waals surface area contributed by atoms with Gasteiger partial charge in [-0.3, -0.25) is 9.69 Å². The van der Waals surface area contributed by atoms with Gasteiger partial charge in [-0.25, -0.2) is 0 Å². The van der Waals surface area contributed by atoms with Gasteiger partial charge in [0.25, 0.3) is 0 Å². The third-order valence-electron chi connectivity index (χ3n) is 3.94. The van der Waals surface area contributed by atoms with Gasteiger partial charge in [0.05, 0.1) is 13.2 Å². The molecule has 0 spiro atoms. The molecular weight excluding hydrogens is 202 g/mol. The molecule has 2 saturated heterocycles. The normalized spacial score (nSPS) is 31.8. The summed E-state index contributed by atoms with van der Waals surface area (Å²) in [6, 6.07) is 0. The summed E-state index contributed by atoms with van der Waals surface area (Å²) in [7, 11) is 0. The van der Waals surface area contributed by atoms with Crippen molar-refractivity contribution in [1.29, 1.82) is 0 Å². The van der Waals surface area contributed by atoms with Crippen molar-refractivity contribution in [3.8, 4) is 0 Å². The number of ketones is 1. The van der Waals surface area contributed by atoms with Gasteiger partial charge in [-0.15, -0.1) is 0 Å². The molecule has 2 heterocycles. The molecule has 0 aromatic rings. The number of ether oxygens (including phenoxy) is 1.